The first kappa shape index (κ1) is 17.2. The number of carbonyl (C=O) groups is 2. The third-order valence-corrected chi connectivity index (χ3v) is 6.44. The zero-order chi connectivity index (χ0) is 17.3. The van der Waals surface area contributed by atoms with Crippen LogP contribution in [-0.4, -0.2) is 32.0 Å². The van der Waals surface area contributed by atoms with Crippen LogP contribution < -0.4 is 9.62 Å². The second-order valence-corrected chi connectivity index (χ2v) is 8.54. The van der Waals surface area contributed by atoms with Gasteiger partial charge in [-0.2, -0.15) is 0 Å². The van der Waals surface area contributed by atoms with Crippen molar-refractivity contribution < 1.29 is 18.0 Å². The van der Waals surface area contributed by atoms with Gasteiger partial charge in [0.1, 0.15) is 0 Å². The molecule has 24 heavy (non-hydrogen) atoms. The number of amides is 2. The van der Waals surface area contributed by atoms with E-state index in [0.717, 1.165) is 25.7 Å². The molecule has 1 aliphatic carbocycles. The smallest absolute Gasteiger partial charge is 0.251 e. The molecule has 8 heteroatoms. The molecule has 1 aromatic rings. The van der Waals surface area contributed by atoms with Gasteiger partial charge in [-0.1, -0.05) is 30.9 Å². The van der Waals surface area contributed by atoms with Crippen molar-refractivity contribution in [1.29, 1.82) is 0 Å². The minimum atomic E-state index is -3.71. The van der Waals surface area contributed by atoms with E-state index in [4.69, 9.17) is 11.6 Å². The van der Waals surface area contributed by atoms with Gasteiger partial charge in [-0.05, 0) is 31.0 Å². The number of anilines is 1. The molecule has 1 N–H and O–H groups in total. The van der Waals surface area contributed by atoms with Gasteiger partial charge in [0.05, 0.1) is 16.5 Å². The Bertz CT molecular complexity index is 772. The molecule has 2 amide bonds. The molecule has 6 nitrogen and oxygen atoms in total. The third kappa shape index (κ3) is 3.42. The number of rotatable bonds is 3. The van der Waals surface area contributed by atoms with E-state index in [0.29, 0.717) is 9.87 Å². The fourth-order valence-corrected chi connectivity index (χ4v) is 4.89. The van der Waals surface area contributed by atoms with E-state index in [-0.39, 0.29) is 34.8 Å². The molecule has 0 bridgehead atoms. The Kier molecular flexibility index (Phi) is 4.83. The van der Waals surface area contributed by atoms with Crippen LogP contribution in [0, 0.1) is 0 Å². The second-order valence-electron chi connectivity index (χ2n) is 6.20. The highest BCUT2D eigenvalue weighted by Gasteiger charge is 2.37. The average molecular weight is 371 g/mol. The van der Waals surface area contributed by atoms with E-state index in [2.05, 4.69) is 5.32 Å². The van der Waals surface area contributed by atoms with Crippen LogP contribution in [0.3, 0.4) is 0 Å². The topological polar surface area (TPSA) is 83.6 Å². The van der Waals surface area contributed by atoms with Gasteiger partial charge in [0.25, 0.3) is 5.91 Å². The van der Waals surface area contributed by atoms with Crippen LogP contribution in [0.15, 0.2) is 18.2 Å². The molecule has 0 spiro atoms. The van der Waals surface area contributed by atoms with Crippen LogP contribution in [0.5, 0.6) is 0 Å². The van der Waals surface area contributed by atoms with E-state index in [9.17, 15) is 18.0 Å². The molecule has 1 saturated heterocycles. The predicted octanol–water partition coefficient (Wildman–Crippen LogP) is 2.47. The van der Waals surface area contributed by atoms with E-state index in [1.165, 1.54) is 24.6 Å². The minimum Gasteiger partial charge on any atom is -0.349 e. The molecule has 2 aliphatic rings. The van der Waals surface area contributed by atoms with Crippen molar-refractivity contribution in [2.24, 2.45) is 0 Å². The molecule has 2 fully saturated rings. The largest absolute Gasteiger partial charge is 0.349 e. The number of sulfonamides is 1. The molecule has 0 atom stereocenters. The molecular weight excluding hydrogens is 352 g/mol. The summed E-state index contributed by atoms with van der Waals surface area (Å²) in [6.07, 6.45) is 5.20. The van der Waals surface area contributed by atoms with Gasteiger partial charge in [-0.15, -0.1) is 0 Å². The van der Waals surface area contributed by atoms with Gasteiger partial charge in [-0.3, -0.25) is 9.59 Å². The standard InChI is InChI=1S/C16H19ClN2O4S/c17-13-7-6-11(16(21)18-12-4-2-1-3-5-12)10-14(13)19-15(20)8-9-24(19,22)23/h6-7,10,12H,1-5,8-9H2,(H,18,21). The summed E-state index contributed by atoms with van der Waals surface area (Å²) in [6, 6.07) is 4.51. The summed E-state index contributed by atoms with van der Waals surface area (Å²) in [5.41, 5.74) is 0.352. The first-order valence-corrected chi connectivity index (χ1v) is 10.0. The highest BCUT2D eigenvalue weighted by atomic mass is 35.5. The summed E-state index contributed by atoms with van der Waals surface area (Å²) in [4.78, 5) is 24.4. The van der Waals surface area contributed by atoms with Crippen molar-refractivity contribution in [2.45, 2.75) is 44.6 Å². The number of benzene rings is 1. The normalized spacial score (nSPS) is 21.0. The van der Waals surface area contributed by atoms with Crippen molar-refractivity contribution in [1.82, 2.24) is 5.32 Å². The lowest BCUT2D eigenvalue weighted by molar-refractivity contribution is -0.116. The van der Waals surface area contributed by atoms with Crippen LogP contribution >= 0.6 is 11.6 Å². The number of hydrogen-bond acceptors (Lipinski definition) is 4. The maximum absolute atomic E-state index is 12.4. The van der Waals surface area contributed by atoms with Crippen LogP contribution in [0.25, 0.3) is 0 Å². The number of hydrogen-bond donors (Lipinski definition) is 1. The van der Waals surface area contributed by atoms with E-state index < -0.39 is 15.9 Å². The second kappa shape index (κ2) is 6.72. The molecule has 1 aliphatic heterocycles. The molecular formula is C16H19ClN2O4S. The minimum absolute atomic E-state index is 0.0514. The lowest BCUT2D eigenvalue weighted by atomic mass is 9.95. The van der Waals surface area contributed by atoms with Gasteiger partial charge in [-0.25, -0.2) is 12.7 Å². The highest BCUT2D eigenvalue weighted by Crippen LogP contribution is 2.33. The van der Waals surface area contributed by atoms with Crippen molar-refractivity contribution in [3.8, 4) is 0 Å². The van der Waals surface area contributed by atoms with Gasteiger partial charge in [0.2, 0.25) is 15.9 Å². The van der Waals surface area contributed by atoms with Gasteiger partial charge in [0, 0.05) is 18.0 Å². The van der Waals surface area contributed by atoms with Crippen molar-refractivity contribution in [3.63, 3.8) is 0 Å². The molecule has 1 saturated carbocycles. The summed E-state index contributed by atoms with van der Waals surface area (Å²) in [6.45, 7) is 0. The third-order valence-electron chi connectivity index (χ3n) is 4.45. The lowest BCUT2D eigenvalue weighted by Crippen LogP contribution is -2.36. The Morgan fingerprint density at radius 3 is 2.54 bits per heavy atom. The predicted molar refractivity (Wildman–Crippen MR) is 91.7 cm³/mol. The molecule has 130 valence electrons. The fraction of sp³-hybridized carbons (Fsp3) is 0.500. The Labute approximate surface area is 146 Å². The van der Waals surface area contributed by atoms with Gasteiger partial charge >= 0.3 is 0 Å². The quantitative estimate of drug-likeness (QED) is 0.885. The Hall–Kier alpha value is -1.60. The zero-order valence-electron chi connectivity index (χ0n) is 13.1. The molecule has 0 unspecified atom stereocenters. The van der Waals surface area contributed by atoms with Crippen molar-refractivity contribution in [2.75, 3.05) is 10.1 Å². The SMILES string of the molecule is O=C(NC1CCCCC1)c1ccc(Cl)c(N2C(=O)CCS2(=O)=O)c1. The molecule has 0 radical (unpaired) electrons. The van der Waals surface area contributed by atoms with Crippen LogP contribution in [0.1, 0.15) is 48.9 Å². The summed E-state index contributed by atoms with van der Waals surface area (Å²) in [5, 5.41) is 3.10. The van der Waals surface area contributed by atoms with Crippen LogP contribution in [0.2, 0.25) is 5.02 Å². The maximum atomic E-state index is 12.4. The maximum Gasteiger partial charge on any atom is 0.251 e. The van der Waals surface area contributed by atoms with Crippen molar-refractivity contribution >= 4 is 39.1 Å². The van der Waals surface area contributed by atoms with Crippen LogP contribution in [-0.2, 0) is 14.8 Å². The molecule has 3 rings (SSSR count). The monoisotopic (exact) mass is 370 g/mol. The number of carbonyl (C=O) groups excluding carboxylic acids is 2. The highest BCUT2D eigenvalue weighted by molar-refractivity contribution is 7.94. The summed E-state index contributed by atoms with van der Waals surface area (Å²) >= 11 is 6.08. The Morgan fingerprint density at radius 2 is 1.92 bits per heavy atom. The number of nitrogens with one attached hydrogen (secondary N) is 1. The van der Waals surface area contributed by atoms with Crippen molar-refractivity contribution in [3.05, 3.63) is 28.8 Å². The summed E-state index contributed by atoms with van der Waals surface area (Å²) in [5.74, 6) is -1.04. The van der Waals surface area contributed by atoms with E-state index in [1.54, 1.807) is 0 Å². The summed E-state index contributed by atoms with van der Waals surface area (Å²) < 4.78 is 24.9. The molecule has 0 aromatic heterocycles. The fourth-order valence-electron chi connectivity index (χ4n) is 3.17. The Morgan fingerprint density at radius 1 is 1.21 bits per heavy atom. The number of halogens is 1. The van der Waals surface area contributed by atoms with Gasteiger partial charge in [0.15, 0.2) is 0 Å². The summed E-state index contributed by atoms with van der Waals surface area (Å²) in [7, 11) is -3.71. The Balaban J connectivity index is 1.86. The first-order valence-electron chi connectivity index (χ1n) is 8.05. The van der Waals surface area contributed by atoms with Gasteiger partial charge < -0.3 is 5.32 Å². The average Bonchev–Trinajstić information content (AvgIpc) is 2.82. The van der Waals surface area contributed by atoms with E-state index in [1.807, 2.05) is 0 Å². The molecule has 1 aromatic carbocycles. The zero-order valence-corrected chi connectivity index (χ0v) is 14.7. The molecule has 1 heterocycles. The number of nitrogens with zero attached hydrogens (tertiary/aromatic N) is 1. The van der Waals surface area contributed by atoms with E-state index >= 15 is 0 Å². The lowest BCUT2D eigenvalue weighted by Gasteiger charge is -2.23. The van der Waals surface area contributed by atoms with Crippen LogP contribution in [0.4, 0.5) is 5.69 Å². The first-order chi connectivity index (χ1) is 11.4.